The number of hydrogen-bond acceptors (Lipinski definition) is 5. The fraction of sp³-hybridized carbons (Fsp3) is 0.440. The molecule has 0 bridgehead atoms. The molecule has 1 amide bonds. The van der Waals surface area contributed by atoms with E-state index in [1.165, 1.54) is 12.3 Å². The van der Waals surface area contributed by atoms with Crippen LogP contribution < -0.4 is 0 Å². The summed E-state index contributed by atoms with van der Waals surface area (Å²) < 4.78 is 10.8. The highest BCUT2D eigenvalue weighted by Gasteiger charge is 2.44. The Morgan fingerprint density at radius 1 is 1.19 bits per heavy atom. The molecular formula is C25H31NO5. The van der Waals surface area contributed by atoms with E-state index in [1.54, 1.807) is 11.0 Å². The Labute approximate surface area is 183 Å². The van der Waals surface area contributed by atoms with Gasteiger partial charge in [-0.25, -0.2) is 0 Å². The molecule has 0 saturated heterocycles. The highest BCUT2D eigenvalue weighted by atomic mass is 16.5. The van der Waals surface area contributed by atoms with E-state index in [-0.39, 0.29) is 22.9 Å². The topological polar surface area (TPSA) is 80.0 Å². The van der Waals surface area contributed by atoms with Crippen molar-refractivity contribution in [2.24, 2.45) is 0 Å². The van der Waals surface area contributed by atoms with Crippen molar-refractivity contribution in [3.63, 3.8) is 0 Å². The molecule has 1 aromatic carbocycles. The van der Waals surface area contributed by atoms with E-state index in [4.69, 9.17) is 9.15 Å². The van der Waals surface area contributed by atoms with Crippen molar-refractivity contribution in [3.8, 4) is 0 Å². The van der Waals surface area contributed by atoms with Gasteiger partial charge in [0.15, 0.2) is 11.5 Å². The smallest absolute Gasteiger partial charge is 0.290 e. The summed E-state index contributed by atoms with van der Waals surface area (Å²) in [5, 5.41) is 10.7. The van der Waals surface area contributed by atoms with Crippen LogP contribution in [-0.4, -0.2) is 41.0 Å². The van der Waals surface area contributed by atoms with Crippen LogP contribution in [0.5, 0.6) is 0 Å². The average molecular weight is 426 g/mol. The number of ether oxygens (including phenoxy) is 1. The summed E-state index contributed by atoms with van der Waals surface area (Å²) in [6.07, 6.45) is 2.09. The van der Waals surface area contributed by atoms with Crippen LogP contribution in [-0.2, 0) is 14.9 Å². The minimum Gasteiger partial charge on any atom is -0.503 e. The zero-order chi connectivity index (χ0) is 22.8. The fourth-order valence-corrected chi connectivity index (χ4v) is 3.72. The number of aliphatic hydroxyl groups is 1. The van der Waals surface area contributed by atoms with Crippen molar-refractivity contribution in [1.82, 2.24) is 4.90 Å². The minimum atomic E-state index is -0.682. The van der Waals surface area contributed by atoms with E-state index in [0.717, 1.165) is 11.1 Å². The van der Waals surface area contributed by atoms with E-state index >= 15 is 0 Å². The number of hydrogen-bond donors (Lipinski definition) is 1. The molecule has 0 aliphatic carbocycles. The lowest BCUT2D eigenvalue weighted by molar-refractivity contribution is -0.129. The lowest BCUT2D eigenvalue weighted by atomic mass is 9.85. The quantitative estimate of drug-likeness (QED) is 0.477. The van der Waals surface area contributed by atoms with Gasteiger partial charge in [0.2, 0.25) is 5.78 Å². The lowest BCUT2D eigenvalue weighted by Gasteiger charge is -2.27. The number of benzene rings is 1. The molecule has 1 aliphatic heterocycles. The molecule has 1 atom stereocenters. The molecule has 0 spiro atoms. The van der Waals surface area contributed by atoms with Crippen LogP contribution in [0.15, 0.2) is 58.4 Å². The molecule has 2 heterocycles. The number of furan rings is 1. The van der Waals surface area contributed by atoms with Crippen molar-refractivity contribution in [2.75, 3.05) is 13.2 Å². The Balaban J connectivity index is 1.96. The van der Waals surface area contributed by atoms with E-state index in [2.05, 4.69) is 20.8 Å². The predicted molar refractivity (Wildman–Crippen MR) is 118 cm³/mol. The maximum absolute atomic E-state index is 13.1. The molecule has 166 valence electrons. The second-order valence-electron chi connectivity index (χ2n) is 9.11. The molecule has 0 saturated carbocycles. The maximum atomic E-state index is 13.1. The Hall–Kier alpha value is -2.86. The predicted octanol–water partition coefficient (Wildman–Crippen LogP) is 4.97. The first-order valence-corrected chi connectivity index (χ1v) is 10.7. The zero-order valence-corrected chi connectivity index (χ0v) is 18.8. The minimum absolute atomic E-state index is 0.0251. The standard InChI is InChI=1S/C25H31NO5/c1-16(2)30-15-7-13-26-21(17-9-11-18(12-10-17)25(3,4)5)20(23(28)24(26)29)22(27)19-8-6-14-31-19/h6,8-12,14,16,21,28H,7,13,15H2,1-5H3. The van der Waals surface area contributed by atoms with Crippen LogP contribution in [0.3, 0.4) is 0 Å². The Kier molecular flexibility index (Phi) is 6.70. The summed E-state index contributed by atoms with van der Waals surface area (Å²) in [5.41, 5.74) is 1.94. The first-order valence-electron chi connectivity index (χ1n) is 10.7. The molecule has 0 radical (unpaired) electrons. The van der Waals surface area contributed by atoms with Gasteiger partial charge in [0.25, 0.3) is 5.91 Å². The first-order chi connectivity index (χ1) is 14.6. The van der Waals surface area contributed by atoms with Crippen molar-refractivity contribution in [3.05, 3.63) is 70.9 Å². The molecule has 3 rings (SSSR count). The monoisotopic (exact) mass is 425 g/mol. The van der Waals surface area contributed by atoms with Crippen LogP contribution >= 0.6 is 0 Å². The van der Waals surface area contributed by atoms with Crippen molar-refractivity contribution >= 4 is 11.7 Å². The van der Waals surface area contributed by atoms with Crippen molar-refractivity contribution in [2.45, 2.75) is 58.6 Å². The van der Waals surface area contributed by atoms with Crippen LogP contribution in [0.2, 0.25) is 0 Å². The second-order valence-corrected chi connectivity index (χ2v) is 9.11. The Morgan fingerprint density at radius 3 is 2.42 bits per heavy atom. The number of amides is 1. The van der Waals surface area contributed by atoms with Gasteiger partial charge < -0.3 is 19.2 Å². The highest BCUT2D eigenvalue weighted by Crippen LogP contribution is 2.39. The second kappa shape index (κ2) is 9.10. The molecule has 1 aliphatic rings. The molecular weight excluding hydrogens is 394 g/mol. The normalized spacial score (nSPS) is 17.2. The van der Waals surface area contributed by atoms with Gasteiger partial charge in [-0.3, -0.25) is 9.59 Å². The average Bonchev–Trinajstić information content (AvgIpc) is 3.33. The van der Waals surface area contributed by atoms with Crippen LogP contribution in [0.25, 0.3) is 0 Å². The summed E-state index contributed by atoms with van der Waals surface area (Å²) in [4.78, 5) is 27.6. The molecule has 2 aromatic rings. The lowest BCUT2D eigenvalue weighted by Crippen LogP contribution is -2.32. The van der Waals surface area contributed by atoms with Gasteiger partial charge in [0, 0.05) is 13.2 Å². The molecule has 1 N–H and O–H groups in total. The molecule has 6 heteroatoms. The van der Waals surface area contributed by atoms with E-state index in [0.29, 0.717) is 19.6 Å². The summed E-state index contributed by atoms with van der Waals surface area (Å²) in [6.45, 7) is 11.1. The van der Waals surface area contributed by atoms with E-state index in [9.17, 15) is 14.7 Å². The zero-order valence-electron chi connectivity index (χ0n) is 18.8. The van der Waals surface area contributed by atoms with Gasteiger partial charge in [-0.15, -0.1) is 0 Å². The number of Topliss-reactive ketones (excluding diaryl/α,β-unsaturated/α-hetero) is 1. The largest absolute Gasteiger partial charge is 0.503 e. The molecule has 0 fully saturated rings. The number of carbonyl (C=O) groups is 2. The van der Waals surface area contributed by atoms with Crippen LogP contribution in [0.4, 0.5) is 0 Å². The third-order valence-corrected chi connectivity index (χ3v) is 5.38. The number of ketones is 1. The van der Waals surface area contributed by atoms with Crippen molar-refractivity contribution in [1.29, 1.82) is 0 Å². The fourth-order valence-electron chi connectivity index (χ4n) is 3.72. The third-order valence-electron chi connectivity index (χ3n) is 5.38. The molecule has 31 heavy (non-hydrogen) atoms. The summed E-state index contributed by atoms with van der Waals surface area (Å²) in [7, 11) is 0. The van der Waals surface area contributed by atoms with E-state index < -0.39 is 23.5 Å². The Bertz CT molecular complexity index is 949. The van der Waals surface area contributed by atoms with E-state index in [1.807, 2.05) is 38.1 Å². The summed E-state index contributed by atoms with van der Waals surface area (Å²) >= 11 is 0. The molecule has 1 unspecified atom stereocenters. The Morgan fingerprint density at radius 2 is 1.87 bits per heavy atom. The van der Waals surface area contributed by atoms with Gasteiger partial charge in [-0.2, -0.15) is 0 Å². The highest BCUT2D eigenvalue weighted by molar-refractivity contribution is 6.15. The summed E-state index contributed by atoms with van der Waals surface area (Å²) in [6, 6.07) is 10.3. The first kappa shape index (κ1) is 22.8. The van der Waals surface area contributed by atoms with Gasteiger partial charge in [-0.05, 0) is 48.9 Å². The van der Waals surface area contributed by atoms with Gasteiger partial charge in [0.05, 0.1) is 24.0 Å². The number of rotatable bonds is 8. The SMILES string of the molecule is CC(C)OCCCN1C(=O)C(O)=C(C(=O)c2ccco2)C1c1ccc(C(C)(C)C)cc1. The van der Waals surface area contributed by atoms with Gasteiger partial charge in [-0.1, -0.05) is 45.0 Å². The molecule has 6 nitrogen and oxygen atoms in total. The summed E-state index contributed by atoms with van der Waals surface area (Å²) in [5.74, 6) is -1.46. The van der Waals surface area contributed by atoms with Crippen LogP contribution in [0, 0.1) is 0 Å². The number of nitrogens with zero attached hydrogens (tertiary/aromatic N) is 1. The number of carbonyl (C=O) groups excluding carboxylic acids is 2. The maximum Gasteiger partial charge on any atom is 0.290 e. The molecule has 1 aromatic heterocycles. The third kappa shape index (κ3) is 4.90. The van der Waals surface area contributed by atoms with Gasteiger partial charge in [0.1, 0.15) is 0 Å². The van der Waals surface area contributed by atoms with Crippen molar-refractivity contribution < 1.29 is 23.8 Å². The number of aliphatic hydroxyl groups excluding tert-OH is 1. The van der Waals surface area contributed by atoms with Gasteiger partial charge >= 0.3 is 0 Å². The van der Waals surface area contributed by atoms with Crippen LogP contribution in [0.1, 0.15) is 68.8 Å².